The molecule has 0 radical (unpaired) electrons. The van der Waals surface area contributed by atoms with Crippen molar-refractivity contribution in [3.05, 3.63) is 16.8 Å². The highest BCUT2D eigenvalue weighted by Gasteiger charge is 2.36. The van der Waals surface area contributed by atoms with Crippen LogP contribution < -0.4 is 11.4 Å². The fourth-order valence-electron chi connectivity index (χ4n) is 2.53. The van der Waals surface area contributed by atoms with Crippen molar-refractivity contribution in [2.24, 2.45) is 7.05 Å². The van der Waals surface area contributed by atoms with Gasteiger partial charge in [-0.3, -0.25) is 4.57 Å². The number of aromatic nitrogens is 4. The summed E-state index contributed by atoms with van der Waals surface area (Å²) >= 11 is 0. The maximum Gasteiger partial charge on any atom is 0.332 e. The van der Waals surface area contributed by atoms with Crippen LogP contribution in [-0.4, -0.2) is 48.1 Å². The molecule has 0 aromatic carbocycles. The van der Waals surface area contributed by atoms with Gasteiger partial charge in [0, 0.05) is 13.5 Å². The summed E-state index contributed by atoms with van der Waals surface area (Å²) < 4.78 is 8.17. The lowest BCUT2D eigenvalue weighted by Crippen LogP contribution is -2.27. The Bertz CT molecular complexity index is 709. The quantitative estimate of drug-likeness (QED) is 0.601. The molecule has 4 N–H and O–H groups in total. The maximum atomic E-state index is 12.3. The van der Waals surface area contributed by atoms with Crippen molar-refractivity contribution in [2.45, 2.75) is 24.9 Å². The molecule has 0 spiro atoms. The van der Waals surface area contributed by atoms with Gasteiger partial charge in [-0.1, -0.05) is 0 Å². The maximum absolute atomic E-state index is 12.3. The molecule has 0 saturated carbocycles. The monoisotopic (exact) mass is 281 g/mol. The van der Waals surface area contributed by atoms with Crippen LogP contribution in [0.2, 0.25) is 0 Å². The zero-order valence-electron chi connectivity index (χ0n) is 10.8. The first-order chi connectivity index (χ1) is 9.54. The van der Waals surface area contributed by atoms with Crippen LogP contribution in [0.1, 0.15) is 12.6 Å². The number of rotatable bonds is 2. The van der Waals surface area contributed by atoms with Crippen LogP contribution in [-0.2, 0) is 11.8 Å². The van der Waals surface area contributed by atoms with Crippen LogP contribution in [0.3, 0.4) is 0 Å². The molecule has 3 heterocycles. The van der Waals surface area contributed by atoms with Crippen molar-refractivity contribution in [1.29, 1.82) is 0 Å². The van der Waals surface area contributed by atoms with Crippen LogP contribution in [0.4, 0.5) is 5.82 Å². The van der Waals surface area contributed by atoms with Gasteiger partial charge in [-0.2, -0.15) is 0 Å². The van der Waals surface area contributed by atoms with Gasteiger partial charge in [0.1, 0.15) is 24.2 Å². The predicted octanol–water partition coefficient (Wildman–Crippen LogP) is -1.65. The number of aliphatic hydroxyl groups excluding tert-OH is 2. The second-order valence-corrected chi connectivity index (χ2v) is 4.76. The van der Waals surface area contributed by atoms with Crippen molar-refractivity contribution >= 4 is 17.0 Å². The second kappa shape index (κ2) is 4.54. The third kappa shape index (κ3) is 1.71. The Morgan fingerprint density at radius 2 is 2.30 bits per heavy atom. The van der Waals surface area contributed by atoms with E-state index in [0.29, 0.717) is 11.2 Å². The molecule has 1 saturated heterocycles. The van der Waals surface area contributed by atoms with E-state index in [2.05, 4.69) is 9.97 Å². The smallest absolute Gasteiger partial charge is 0.332 e. The Morgan fingerprint density at radius 3 is 2.95 bits per heavy atom. The third-order valence-electron chi connectivity index (χ3n) is 3.56. The van der Waals surface area contributed by atoms with Crippen molar-refractivity contribution in [3.8, 4) is 0 Å². The van der Waals surface area contributed by atoms with Crippen molar-refractivity contribution in [3.63, 3.8) is 0 Å². The van der Waals surface area contributed by atoms with E-state index >= 15 is 0 Å². The van der Waals surface area contributed by atoms with Crippen LogP contribution >= 0.6 is 0 Å². The Balaban J connectivity index is 2.16. The molecule has 2 aromatic heterocycles. The minimum atomic E-state index is -0.827. The predicted molar refractivity (Wildman–Crippen MR) is 68.8 cm³/mol. The highest BCUT2D eigenvalue weighted by atomic mass is 16.5. The van der Waals surface area contributed by atoms with E-state index in [1.54, 1.807) is 7.05 Å². The van der Waals surface area contributed by atoms with E-state index in [0.717, 1.165) is 0 Å². The zero-order valence-corrected chi connectivity index (χ0v) is 10.8. The number of nitrogen functional groups attached to an aromatic ring is 1. The largest absolute Gasteiger partial charge is 0.394 e. The molecular weight excluding hydrogens is 266 g/mol. The fourth-order valence-corrected chi connectivity index (χ4v) is 2.53. The zero-order chi connectivity index (χ0) is 14.4. The number of nitrogens with two attached hydrogens (primary N) is 1. The van der Waals surface area contributed by atoms with Gasteiger partial charge in [-0.25, -0.2) is 19.3 Å². The first-order valence-corrected chi connectivity index (χ1v) is 6.16. The summed E-state index contributed by atoms with van der Waals surface area (Å²) in [6, 6.07) is 0. The number of nitrogens with zero attached hydrogens (tertiary/aromatic N) is 4. The van der Waals surface area contributed by atoms with E-state index in [-0.39, 0.29) is 24.5 Å². The van der Waals surface area contributed by atoms with Gasteiger partial charge in [0.25, 0.3) is 0 Å². The van der Waals surface area contributed by atoms with Crippen molar-refractivity contribution in [1.82, 2.24) is 19.1 Å². The van der Waals surface area contributed by atoms with Gasteiger partial charge in [0.05, 0.1) is 12.7 Å². The summed E-state index contributed by atoms with van der Waals surface area (Å²) in [5, 5.41) is 18.9. The number of hydrogen-bond donors (Lipinski definition) is 3. The number of aryl methyl sites for hydroxylation is 1. The molecule has 1 fully saturated rings. The van der Waals surface area contributed by atoms with Gasteiger partial charge in [0.15, 0.2) is 11.5 Å². The third-order valence-corrected chi connectivity index (χ3v) is 3.56. The number of ether oxygens (including phenoxy) is 1. The van der Waals surface area contributed by atoms with Crippen LogP contribution in [0, 0.1) is 0 Å². The molecule has 1 aliphatic heterocycles. The molecule has 9 nitrogen and oxygen atoms in total. The average Bonchev–Trinajstić information content (AvgIpc) is 2.90. The van der Waals surface area contributed by atoms with E-state index in [1.807, 2.05) is 0 Å². The lowest BCUT2D eigenvalue weighted by molar-refractivity contribution is -0.0443. The summed E-state index contributed by atoms with van der Waals surface area (Å²) in [6.07, 6.45) is -0.753. The van der Waals surface area contributed by atoms with E-state index < -0.39 is 18.4 Å². The Hall–Kier alpha value is -1.97. The SMILES string of the molecule is Cn1c(=O)n([C@H]2CC(O)[C@@H](CO)O2)c2ncnc(N)c21. The van der Waals surface area contributed by atoms with E-state index in [1.165, 1.54) is 15.5 Å². The highest BCUT2D eigenvalue weighted by Crippen LogP contribution is 2.30. The second-order valence-electron chi connectivity index (χ2n) is 4.76. The molecule has 20 heavy (non-hydrogen) atoms. The summed E-state index contributed by atoms with van der Waals surface area (Å²) in [7, 11) is 1.57. The molecule has 1 aliphatic rings. The van der Waals surface area contributed by atoms with E-state index in [9.17, 15) is 9.90 Å². The first-order valence-electron chi connectivity index (χ1n) is 6.16. The van der Waals surface area contributed by atoms with Gasteiger partial charge in [-0.15, -0.1) is 0 Å². The molecule has 0 aliphatic carbocycles. The van der Waals surface area contributed by atoms with Crippen LogP contribution in [0.25, 0.3) is 11.2 Å². The molecular formula is C11H15N5O4. The molecule has 3 rings (SSSR count). The molecule has 1 unspecified atom stereocenters. The number of fused-ring (bicyclic) bond motifs is 1. The lowest BCUT2D eigenvalue weighted by Gasteiger charge is -2.12. The first kappa shape index (κ1) is 13.0. The summed E-state index contributed by atoms with van der Waals surface area (Å²) in [4.78, 5) is 20.2. The van der Waals surface area contributed by atoms with Gasteiger partial charge < -0.3 is 20.7 Å². The number of aliphatic hydroxyl groups is 2. The van der Waals surface area contributed by atoms with Gasteiger partial charge in [0.2, 0.25) is 0 Å². The fraction of sp³-hybridized carbons (Fsp3) is 0.545. The Morgan fingerprint density at radius 1 is 1.55 bits per heavy atom. The average molecular weight is 281 g/mol. The molecule has 2 aromatic rings. The molecule has 0 amide bonds. The number of imidazole rings is 1. The molecule has 0 bridgehead atoms. The van der Waals surface area contributed by atoms with E-state index in [4.69, 9.17) is 15.6 Å². The minimum absolute atomic E-state index is 0.200. The summed E-state index contributed by atoms with van der Waals surface area (Å²) in [5.41, 5.74) is 6.17. The van der Waals surface area contributed by atoms with Crippen LogP contribution in [0.15, 0.2) is 11.1 Å². The Labute approximate surface area is 113 Å². The van der Waals surface area contributed by atoms with Crippen molar-refractivity contribution < 1.29 is 14.9 Å². The molecule has 3 atom stereocenters. The van der Waals surface area contributed by atoms with Crippen LogP contribution in [0.5, 0.6) is 0 Å². The van der Waals surface area contributed by atoms with Gasteiger partial charge in [-0.05, 0) is 0 Å². The summed E-state index contributed by atoms with van der Waals surface area (Å²) in [5.74, 6) is 0.200. The highest BCUT2D eigenvalue weighted by molar-refractivity contribution is 5.82. The van der Waals surface area contributed by atoms with Gasteiger partial charge >= 0.3 is 5.69 Å². The van der Waals surface area contributed by atoms with Crippen molar-refractivity contribution in [2.75, 3.05) is 12.3 Å². The standard InChI is InChI=1S/C11H15N5O4/c1-15-8-9(12)13-4-14-10(8)16(11(15)19)7-2-5(18)6(3-17)20-7/h4-7,17-18H,2-3H2,1H3,(H2,12,13,14)/t5?,6-,7-/m1/s1. The normalized spacial score (nSPS) is 26.4. The molecule has 9 heteroatoms. The number of hydrogen-bond acceptors (Lipinski definition) is 7. The minimum Gasteiger partial charge on any atom is -0.394 e. The summed E-state index contributed by atoms with van der Waals surface area (Å²) in [6.45, 7) is -0.311. The molecule has 108 valence electrons. The lowest BCUT2D eigenvalue weighted by atomic mass is 10.2. The topological polar surface area (TPSA) is 128 Å². The Kier molecular flexibility index (Phi) is 2.96. The number of anilines is 1.